The molecule has 0 aliphatic carbocycles. The van der Waals surface area contributed by atoms with Gasteiger partial charge in [0, 0.05) is 8.96 Å². The van der Waals surface area contributed by atoms with Gasteiger partial charge < -0.3 is 17.0 Å². The quantitative estimate of drug-likeness (QED) is 0.286. The van der Waals surface area contributed by atoms with Crippen LogP contribution in [0.4, 0.5) is 0 Å². The van der Waals surface area contributed by atoms with Crippen LogP contribution in [0.25, 0.3) is 4.48 Å². The number of hydrogen-bond acceptors (Lipinski definition) is 0. The van der Waals surface area contributed by atoms with Crippen molar-refractivity contribution >= 4 is 59.5 Å². The van der Waals surface area contributed by atoms with Crippen LogP contribution in [0.5, 0.6) is 0 Å². The zero-order valence-electron chi connectivity index (χ0n) is 16.8. The summed E-state index contributed by atoms with van der Waals surface area (Å²) in [5.74, 6) is 0. The van der Waals surface area contributed by atoms with Crippen molar-refractivity contribution < 1.29 is 17.0 Å². The topological polar surface area (TPSA) is 0 Å². The standard InChI is InChI=1S/C27H22Br2P.BrH/c28-26(27(29)22-13-5-1-6-14-22)21-30(23-15-7-2-8-16-23,24-17-9-3-10-18-24)25-19-11-4-12-20-25;/h1-20H,21H2;1H/q+1;/p-1/b27-26+;. The Labute approximate surface area is 212 Å². The Balaban J connectivity index is 0.00000272. The average Bonchev–Trinajstić information content (AvgIpc) is 2.84. The summed E-state index contributed by atoms with van der Waals surface area (Å²) >= 11 is 7.84. The van der Waals surface area contributed by atoms with Crippen molar-refractivity contribution in [2.45, 2.75) is 0 Å². The van der Waals surface area contributed by atoms with Crippen molar-refractivity contribution in [3.63, 3.8) is 0 Å². The van der Waals surface area contributed by atoms with E-state index in [4.69, 9.17) is 0 Å². The average molecular weight is 617 g/mol. The molecule has 4 aromatic carbocycles. The predicted octanol–water partition coefficient (Wildman–Crippen LogP) is 4.14. The monoisotopic (exact) mass is 614 g/mol. The molecule has 4 rings (SSSR count). The van der Waals surface area contributed by atoms with Gasteiger partial charge in [-0.3, -0.25) is 0 Å². The number of halogens is 3. The Morgan fingerprint density at radius 2 is 0.839 bits per heavy atom. The van der Waals surface area contributed by atoms with Crippen molar-refractivity contribution in [2.75, 3.05) is 6.16 Å². The molecule has 0 heterocycles. The first-order valence-corrected chi connectivity index (χ1v) is 13.4. The minimum absolute atomic E-state index is 0. The third-order valence-corrected chi connectivity index (χ3v) is 12.1. The van der Waals surface area contributed by atoms with Crippen molar-refractivity contribution in [3.05, 3.63) is 131 Å². The second-order valence-electron chi connectivity index (χ2n) is 7.06. The summed E-state index contributed by atoms with van der Waals surface area (Å²) in [5, 5.41) is 4.15. The van der Waals surface area contributed by atoms with Gasteiger partial charge in [0.15, 0.2) is 0 Å². The molecular formula is C27H22Br3P. The molecule has 0 amide bonds. The summed E-state index contributed by atoms with van der Waals surface area (Å²) < 4.78 is 2.29. The molecule has 0 saturated heterocycles. The Kier molecular flexibility index (Phi) is 8.86. The summed E-state index contributed by atoms with van der Waals surface area (Å²) in [4.78, 5) is 0. The van der Waals surface area contributed by atoms with Crippen LogP contribution >= 0.6 is 39.1 Å². The molecule has 0 aliphatic rings. The highest BCUT2D eigenvalue weighted by Gasteiger charge is 2.46. The molecule has 0 bridgehead atoms. The zero-order chi connectivity index (χ0) is 20.8. The molecule has 4 heteroatoms. The molecule has 0 atom stereocenters. The summed E-state index contributed by atoms with van der Waals surface area (Å²) in [5.41, 5.74) is 1.18. The van der Waals surface area contributed by atoms with E-state index in [9.17, 15) is 0 Å². The third-order valence-electron chi connectivity index (χ3n) is 5.23. The highest BCUT2D eigenvalue weighted by Crippen LogP contribution is 2.58. The van der Waals surface area contributed by atoms with Gasteiger partial charge in [-0.15, -0.1) is 0 Å². The van der Waals surface area contributed by atoms with Gasteiger partial charge in [0.05, 0.1) is 0 Å². The molecule has 156 valence electrons. The molecule has 4 aromatic rings. The summed E-state index contributed by atoms with van der Waals surface area (Å²) in [6.45, 7) is 0. The van der Waals surface area contributed by atoms with Crippen molar-refractivity contribution in [2.24, 2.45) is 0 Å². The van der Waals surface area contributed by atoms with Gasteiger partial charge in [-0.1, -0.05) is 101 Å². The second kappa shape index (κ2) is 11.4. The molecule has 0 radical (unpaired) electrons. The van der Waals surface area contributed by atoms with E-state index < -0.39 is 7.26 Å². The Morgan fingerprint density at radius 1 is 0.516 bits per heavy atom. The molecule has 0 unspecified atom stereocenters. The largest absolute Gasteiger partial charge is 1.00 e. The van der Waals surface area contributed by atoms with E-state index in [1.54, 1.807) is 0 Å². The third kappa shape index (κ3) is 5.29. The maximum absolute atomic E-state index is 3.97. The minimum Gasteiger partial charge on any atom is -1.00 e. The lowest BCUT2D eigenvalue weighted by Crippen LogP contribution is -3.00. The van der Waals surface area contributed by atoms with Crippen LogP contribution in [0.3, 0.4) is 0 Å². The van der Waals surface area contributed by atoms with Crippen LogP contribution in [-0.2, 0) is 0 Å². The molecule has 0 saturated carbocycles. The Hall–Kier alpha value is -1.51. The minimum atomic E-state index is -1.92. The maximum atomic E-state index is 3.97. The lowest BCUT2D eigenvalue weighted by atomic mass is 10.2. The molecule has 0 N–H and O–H groups in total. The van der Waals surface area contributed by atoms with Crippen LogP contribution in [0.15, 0.2) is 126 Å². The predicted molar refractivity (Wildman–Crippen MR) is 141 cm³/mol. The van der Waals surface area contributed by atoms with Crippen LogP contribution in [0, 0.1) is 0 Å². The Morgan fingerprint density at radius 3 is 1.19 bits per heavy atom. The van der Waals surface area contributed by atoms with Crippen LogP contribution in [0.2, 0.25) is 0 Å². The number of rotatable bonds is 6. The van der Waals surface area contributed by atoms with Crippen molar-refractivity contribution in [1.29, 1.82) is 0 Å². The number of allylic oxidation sites excluding steroid dienone is 1. The smallest absolute Gasteiger partial charge is 0.117 e. The normalized spacial score (nSPS) is 11.9. The first-order chi connectivity index (χ1) is 14.7. The lowest BCUT2D eigenvalue weighted by Gasteiger charge is -2.28. The number of benzene rings is 4. The van der Waals surface area contributed by atoms with Gasteiger partial charge in [0.25, 0.3) is 0 Å². The van der Waals surface area contributed by atoms with E-state index in [0.717, 1.165) is 10.6 Å². The zero-order valence-corrected chi connectivity index (χ0v) is 22.5. The van der Waals surface area contributed by atoms with Gasteiger partial charge in [-0.2, -0.15) is 0 Å². The van der Waals surface area contributed by atoms with Gasteiger partial charge in [0.2, 0.25) is 0 Å². The van der Waals surface area contributed by atoms with E-state index in [1.807, 2.05) is 6.07 Å². The molecule has 0 aliphatic heterocycles. The van der Waals surface area contributed by atoms with Crippen LogP contribution in [-0.4, -0.2) is 6.16 Å². The molecular weight excluding hydrogens is 595 g/mol. The molecule has 0 spiro atoms. The van der Waals surface area contributed by atoms with Crippen LogP contribution in [0.1, 0.15) is 5.56 Å². The summed E-state index contributed by atoms with van der Waals surface area (Å²) in [7, 11) is -1.92. The van der Waals surface area contributed by atoms with Crippen LogP contribution < -0.4 is 32.9 Å². The van der Waals surface area contributed by atoms with Gasteiger partial charge in [-0.05, 0) is 57.9 Å². The van der Waals surface area contributed by atoms with E-state index in [0.29, 0.717) is 0 Å². The van der Waals surface area contributed by atoms with E-state index >= 15 is 0 Å². The fourth-order valence-electron chi connectivity index (χ4n) is 3.79. The van der Waals surface area contributed by atoms with Gasteiger partial charge in [0.1, 0.15) is 29.3 Å². The lowest BCUT2D eigenvalue weighted by molar-refractivity contribution is -0.00000549. The Bertz CT molecular complexity index is 1020. The van der Waals surface area contributed by atoms with E-state index in [2.05, 4.69) is 147 Å². The number of hydrogen-bond donors (Lipinski definition) is 0. The fourth-order valence-corrected chi connectivity index (χ4v) is 9.83. The van der Waals surface area contributed by atoms with E-state index in [1.165, 1.54) is 26.0 Å². The summed E-state index contributed by atoms with van der Waals surface area (Å²) in [6, 6.07) is 43.4. The maximum Gasteiger partial charge on any atom is 0.117 e. The molecule has 0 fully saturated rings. The van der Waals surface area contributed by atoms with Crippen molar-refractivity contribution in [1.82, 2.24) is 0 Å². The molecule has 31 heavy (non-hydrogen) atoms. The first-order valence-electron chi connectivity index (χ1n) is 9.86. The highest BCUT2D eigenvalue weighted by atomic mass is 79.9. The van der Waals surface area contributed by atoms with Crippen molar-refractivity contribution in [3.8, 4) is 0 Å². The van der Waals surface area contributed by atoms with Gasteiger partial charge >= 0.3 is 0 Å². The fraction of sp³-hybridized carbons (Fsp3) is 0.0370. The van der Waals surface area contributed by atoms with E-state index in [-0.39, 0.29) is 17.0 Å². The summed E-state index contributed by atoms with van der Waals surface area (Å²) in [6.07, 6.45) is 0.903. The molecule has 0 nitrogen and oxygen atoms in total. The second-order valence-corrected chi connectivity index (χ2v) is 12.3. The first kappa shape index (κ1) is 24.1. The molecule has 0 aromatic heterocycles. The highest BCUT2D eigenvalue weighted by molar-refractivity contribution is 9.16. The SMILES string of the molecule is Br/C(C[P+](c1ccccc1)(c1ccccc1)c1ccccc1)=C(/Br)c1ccccc1.[Br-]. The van der Waals surface area contributed by atoms with Gasteiger partial charge in [-0.25, -0.2) is 0 Å².